The molecule has 8 heteroatoms. The number of carbonyl (C=O) groups excluding carboxylic acids is 2. The predicted molar refractivity (Wildman–Crippen MR) is 92.1 cm³/mol. The van der Waals surface area contributed by atoms with Crippen LogP contribution in [0.1, 0.15) is 5.56 Å². The first-order chi connectivity index (χ1) is 12.7. The first kappa shape index (κ1) is 17.7. The molecule has 0 unspecified atom stereocenters. The Morgan fingerprint density at radius 2 is 1.96 bits per heavy atom. The zero-order valence-electron chi connectivity index (χ0n) is 14.5. The van der Waals surface area contributed by atoms with Crippen molar-refractivity contribution in [2.24, 2.45) is 0 Å². The van der Waals surface area contributed by atoms with Crippen molar-refractivity contribution in [2.75, 3.05) is 32.5 Å². The molecule has 1 aromatic heterocycles. The average Bonchev–Trinajstić information content (AvgIpc) is 3.19. The lowest BCUT2D eigenvalue weighted by atomic mass is 10.1. The van der Waals surface area contributed by atoms with Crippen LogP contribution in [0.2, 0.25) is 0 Å². The zero-order valence-corrected chi connectivity index (χ0v) is 14.5. The number of esters is 2. The number of hydrogen-bond donors (Lipinski definition) is 0. The predicted octanol–water partition coefficient (Wildman–Crippen LogP) is 1.33. The Labute approximate surface area is 150 Å². The molecule has 0 N–H and O–H groups in total. The van der Waals surface area contributed by atoms with Crippen molar-refractivity contribution in [3.8, 4) is 0 Å². The second-order valence-electron chi connectivity index (χ2n) is 5.58. The van der Waals surface area contributed by atoms with Crippen molar-refractivity contribution in [1.82, 2.24) is 9.55 Å². The minimum Gasteiger partial charge on any atom is -0.466 e. The highest BCUT2D eigenvalue weighted by molar-refractivity contribution is 6.03. The molecule has 0 saturated heterocycles. The van der Waals surface area contributed by atoms with E-state index in [-0.39, 0.29) is 24.6 Å². The molecule has 0 atom stereocenters. The molecule has 1 aromatic carbocycles. The third-order valence-corrected chi connectivity index (χ3v) is 4.03. The van der Waals surface area contributed by atoms with Gasteiger partial charge in [-0.15, -0.1) is 0 Å². The number of ether oxygens (including phenoxy) is 3. The van der Waals surface area contributed by atoms with Gasteiger partial charge in [0.2, 0.25) is 0 Å². The van der Waals surface area contributed by atoms with Gasteiger partial charge in [0.15, 0.2) is 0 Å². The molecule has 2 aromatic rings. The van der Waals surface area contributed by atoms with Gasteiger partial charge >= 0.3 is 11.9 Å². The summed E-state index contributed by atoms with van der Waals surface area (Å²) in [5.74, 6) is -1.24. The van der Waals surface area contributed by atoms with E-state index in [4.69, 9.17) is 14.2 Å². The Morgan fingerprint density at radius 1 is 1.19 bits per heavy atom. The molecule has 0 spiro atoms. The monoisotopic (exact) mass is 357 g/mol. The van der Waals surface area contributed by atoms with Gasteiger partial charge in [0.05, 0.1) is 39.3 Å². The largest absolute Gasteiger partial charge is 0.466 e. The van der Waals surface area contributed by atoms with Crippen molar-refractivity contribution in [3.63, 3.8) is 0 Å². The van der Waals surface area contributed by atoms with Gasteiger partial charge in [-0.3, -0.25) is 0 Å². The molecule has 0 radical (unpaired) electrons. The van der Waals surface area contributed by atoms with E-state index in [0.29, 0.717) is 6.54 Å². The fourth-order valence-corrected chi connectivity index (χ4v) is 2.82. The maximum Gasteiger partial charge on any atom is 0.355 e. The summed E-state index contributed by atoms with van der Waals surface area (Å²) in [4.78, 5) is 30.2. The standard InChI is InChI=1S/C18H19N3O5/c1-24-17(22)14-10-26-12-21(16(14)18(23)25-2)15-6-4-3-5-13(15)9-20-8-7-19-11-20/h3-8,11H,9-10,12H2,1-2H3. The maximum absolute atomic E-state index is 12.4. The summed E-state index contributed by atoms with van der Waals surface area (Å²) in [5.41, 5.74) is 1.93. The van der Waals surface area contributed by atoms with Crippen LogP contribution in [0.15, 0.2) is 54.3 Å². The van der Waals surface area contributed by atoms with Crippen LogP contribution in [0.4, 0.5) is 5.69 Å². The minimum absolute atomic E-state index is 0.0166. The van der Waals surface area contributed by atoms with Crippen molar-refractivity contribution in [2.45, 2.75) is 6.54 Å². The van der Waals surface area contributed by atoms with E-state index in [1.165, 1.54) is 14.2 Å². The van der Waals surface area contributed by atoms with Crippen molar-refractivity contribution in [1.29, 1.82) is 0 Å². The van der Waals surface area contributed by atoms with E-state index in [2.05, 4.69) is 4.98 Å². The number of carbonyl (C=O) groups is 2. The van der Waals surface area contributed by atoms with Crippen LogP contribution in [0.25, 0.3) is 0 Å². The Morgan fingerprint density at radius 3 is 2.65 bits per heavy atom. The Balaban J connectivity index is 2.07. The van der Waals surface area contributed by atoms with Gasteiger partial charge in [0, 0.05) is 18.1 Å². The summed E-state index contributed by atoms with van der Waals surface area (Å²) in [5, 5.41) is 0. The van der Waals surface area contributed by atoms with E-state index in [1.807, 2.05) is 35.0 Å². The number of methoxy groups -OCH3 is 2. The normalized spacial score (nSPS) is 14.3. The molecule has 1 aliphatic heterocycles. The first-order valence-corrected chi connectivity index (χ1v) is 7.94. The second kappa shape index (κ2) is 7.83. The summed E-state index contributed by atoms with van der Waals surface area (Å²) in [6.07, 6.45) is 5.25. The Kier molecular flexibility index (Phi) is 5.33. The number of nitrogens with zero attached hydrogens (tertiary/aromatic N) is 3. The highest BCUT2D eigenvalue weighted by Gasteiger charge is 2.33. The number of rotatable bonds is 5. The average molecular weight is 357 g/mol. The molecule has 3 rings (SSSR count). The third-order valence-electron chi connectivity index (χ3n) is 4.03. The quantitative estimate of drug-likeness (QED) is 0.747. The van der Waals surface area contributed by atoms with Gasteiger partial charge in [-0.1, -0.05) is 18.2 Å². The van der Waals surface area contributed by atoms with Gasteiger partial charge in [-0.25, -0.2) is 14.6 Å². The van der Waals surface area contributed by atoms with Gasteiger partial charge in [-0.2, -0.15) is 0 Å². The zero-order chi connectivity index (χ0) is 18.5. The van der Waals surface area contributed by atoms with Crippen molar-refractivity contribution >= 4 is 17.6 Å². The maximum atomic E-state index is 12.4. The highest BCUT2D eigenvalue weighted by Crippen LogP contribution is 2.30. The summed E-state index contributed by atoms with van der Waals surface area (Å²) < 4.78 is 17.1. The Hall–Kier alpha value is -3.13. The van der Waals surface area contributed by atoms with Crippen LogP contribution in [-0.4, -0.2) is 49.0 Å². The van der Waals surface area contributed by atoms with Gasteiger partial charge in [0.1, 0.15) is 12.4 Å². The van der Waals surface area contributed by atoms with Gasteiger partial charge in [-0.05, 0) is 11.6 Å². The van der Waals surface area contributed by atoms with Gasteiger partial charge < -0.3 is 23.7 Å². The number of anilines is 1. The molecule has 0 fully saturated rings. The molecule has 1 aliphatic rings. The van der Waals surface area contributed by atoms with E-state index >= 15 is 0 Å². The van der Waals surface area contributed by atoms with Crippen LogP contribution in [0.3, 0.4) is 0 Å². The Bertz CT molecular complexity index is 829. The lowest BCUT2D eigenvalue weighted by Gasteiger charge is -2.32. The number of benzene rings is 1. The summed E-state index contributed by atoms with van der Waals surface area (Å²) in [6.45, 7) is 0.651. The van der Waals surface area contributed by atoms with Gasteiger partial charge in [0.25, 0.3) is 0 Å². The first-order valence-electron chi connectivity index (χ1n) is 7.94. The fourth-order valence-electron chi connectivity index (χ4n) is 2.82. The topological polar surface area (TPSA) is 82.9 Å². The molecule has 0 aliphatic carbocycles. The van der Waals surface area contributed by atoms with Crippen LogP contribution < -0.4 is 4.90 Å². The molecular formula is C18H19N3O5. The van der Waals surface area contributed by atoms with Crippen LogP contribution in [0, 0.1) is 0 Å². The van der Waals surface area contributed by atoms with Crippen molar-refractivity contribution in [3.05, 3.63) is 59.8 Å². The molecular weight excluding hydrogens is 338 g/mol. The molecule has 8 nitrogen and oxygen atoms in total. The molecule has 26 heavy (non-hydrogen) atoms. The van der Waals surface area contributed by atoms with Crippen molar-refractivity contribution < 1.29 is 23.8 Å². The van der Waals surface area contributed by atoms with E-state index in [0.717, 1.165) is 11.3 Å². The van der Waals surface area contributed by atoms with E-state index in [1.54, 1.807) is 17.4 Å². The fraction of sp³-hybridized carbons (Fsp3) is 0.278. The lowest BCUT2D eigenvalue weighted by molar-refractivity contribution is -0.140. The van der Waals surface area contributed by atoms with E-state index in [9.17, 15) is 9.59 Å². The summed E-state index contributed by atoms with van der Waals surface area (Å²) in [7, 11) is 2.53. The van der Waals surface area contributed by atoms with Crippen LogP contribution in [0.5, 0.6) is 0 Å². The lowest BCUT2D eigenvalue weighted by Crippen LogP contribution is -2.39. The minimum atomic E-state index is -0.623. The SMILES string of the molecule is COC(=O)C1=C(C(=O)OC)N(c2ccccc2Cn2ccnc2)COC1. The molecule has 0 amide bonds. The molecule has 0 bridgehead atoms. The second-order valence-corrected chi connectivity index (χ2v) is 5.58. The summed E-state index contributed by atoms with van der Waals surface area (Å²) in [6, 6.07) is 7.56. The molecule has 136 valence electrons. The smallest absolute Gasteiger partial charge is 0.355 e. The summed E-state index contributed by atoms with van der Waals surface area (Å²) >= 11 is 0. The molecule has 0 saturated carbocycles. The van der Waals surface area contributed by atoms with Crippen LogP contribution in [-0.2, 0) is 30.3 Å². The highest BCUT2D eigenvalue weighted by atomic mass is 16.5. The molecule has 2 heterocycles. The number of para-hydroxylation sites is 1. The number of hydrogen-bond acceptors (Lipinski definition) is 7. The number of aromatic nitrogens is 2. The van der Waals surface area contributed by atoms with E-state index < -0.39 is 11.9 Å². The van der Waals surface area contributed by atoms with Crippen LogP contribution >= 0.6 is 0 Å². The number of imidazole rings is 1. The third kappa shape index (κ3) is 3.45.